The van der Waals surface area contributed by atoms with E-state index < -0.39 is 0 Å². The fourth-order valence-electron chi connectivity index (χ4n) is 2.86. The van der Waals surface area contributed by atoms with Gasteiger partial charge in [-0.3, -0.25) is 0 Å². The molecule has 0 saturated heterocycles. The number of para-hydroxylation sites is 1. The summed E-state index contributed by atoms with van der Waals surface area (Å²) in [5.41, 5.74) is 4.12. The summed E-state index contributed by atoms with van der Waals surface area (Å²) in [6, 6.07) is 20.0. The molecule has 1 N–H and O–H groups in total. The van der Waals surface area contributed by atoms with Crippen molar-refractivity contribution >= 4 is 5.69 Å². The van der Waals surface area contributed by atoms with Crippen LogP contribution in [0, 0.1) is 5.92 Å². The van der Waals surface area contributed by atoms with Gasteiger partial charge in [0.1, 0.15) is 0 Å². The van der Waals surface area contributed by atoms with E-state index in [1.54, 1.807) is 0 Å². The molecule has 1 nitrogen and oxygen atoms in total. The zero-order valence-electron chi connectivity index (χ0n) is 12.3. The van der Waals surface area contributed by atoms with Crippen LogP contribution in [0.5, 0.6) is 0 Å². The van der Waals surface area contributed by atoms with E-state index in [9.17, 15) is 0 Å². The van der Waals surface area contributed by atoms with Crippen LogP contribution < -0.4 is 5.32 Å². The maximum atomic E-state index is 3.81. The Morgan fingerprint density at radius 1 is 0.900 bits per heavy atom. The summed E-state index contributed by atoms with van der Waals surface area (Å²) in [7, 11) is 0. The van der Waals surface area contributed by atoms with Gasteiger partial charge in [-0.1, -0.05) is 62.4 Å². The Morgan fingerprint density at radius 3 is 2.20 bits per heavy atom. The molecule has 2 aromatic rings. The van der Waals surface area contributed by atoms with Gasteiger partial charge in [-0.15, -0.1) is 0 Å². The molecule has 3 rings (SSSR count). The highest BCUT2D eigenvalue weighted by atomic mass is 14.9. The molecule has 0 heterocycles. The lowest BCUT2D eigenvalue weighted by molar-refractivity contribution is 0.676. The summed E-state index contributed by atoms with van der Waals surface area (Å²) in [5.74, 6) is 1.34. The fraction of sp³-hybridized carbons (Fsp3) is 0.368. The van der Waals surface area contributed by atoms with Crippen LogP contribution in [0.25, 0.3) is 0 Å². The van der Waals surface area contributed by atoms with E-state index in [4.69, 9.17) is 0 Å². The first-order chi connectivity index (χ1) is 9.75. The van der Waals surface area contributed by atoms with Crippen LogP contribution in [0.4, 0.5) is 5.69 Å². The maximum Gasteiger partial charge on any atom is 0.0542 e. The Morgan fingerprint density at radius 2 is 1.55 bits per heavy atom. The minimum atomic E-state index is 0.455. The van der Waals surface area contributed by atoms with E-state index in [0.717, 1.165) is 5.92 Å². The molecular formula is C19H23N. The second kappa shape index (κ2) is 5.70. The molecule has 0 radical (unpaired) electrons. The van der Waals surface area contributed by atoms with E-state index in [0.29, 0.717) is 12.0 Å². The van der Waals surface area contributed by atoms with Crippen LogP contribution >= 0.6 is 0 Å². The molecule has 0 aliphatic heterocycles. The third kappa shape index (κ3) is 2.87. The van der Waals surface area contributed by atoms with Gasteiger partial charge in [-0.05, 0) is 41.9 Å². The number of rotatable bonds is 5. The zero-order valence-corrected chi connectivity index (χ0v) is 12.3. The van der Waals surface area contributed by atoms with Crippen molar-refractivity contribution in [2.24, 2.45) is 5.92 Å². The molecule has 20 heavy (non-hydrogen) atoms. The van der Waals surface area contributed by atoms with Crippen LogP contribution in [0.1, 0.15) is 49.8 Å². The minimum absolute atomic E-state index is 0.455. The molecule has 0 spiro atoms. The highest BCUT2D eigenvalue weighted by molar-refractivity contribution is 5.54. The quantitative estimate of drug-likeness (QED) is 0.766. The van der Waals surface area contributed by atoms with Crippen LogP contribution in [0.15, 0.2) is 54.6 Å². The summed E-state index contributed by atoms with van der Waals surface area (Å²) in [6.07, 6.45) is 2.69. The molecular weight excluding hydrogens is 242 g/mol. The van der Waals surface area contributed by atoms with Crippen LogP contribution in [-0.4, -0.2) is 0 Å². The topological polar surface area (TPSA) is 12.0 Å². The standard InChI is InChI=1S/C19H23N/c1-14(2)17-10-6-7-11-18(17)20-19(16-12-13-16)15-8-4-3-5-9-15/h3-11,14,16,19-20H,12-13H2,1-2H3. The lowest BCUT2D eigenvalue weighted by atomic mass is 9.98. The van der Waals surface area contributed by atoms with E-state index in [1.165, 1.54) is 29.7 Å². The first-order valence-corrected chi connectivity index (χ1v) is 7.66. The molecule has 1 heteroatoms. The van der Waals surface area contributed by atoms with Crippen molar-refractivity contribution < 1.29 is 0 Å². The Bertz CT molecular complexity index is 555. The van der Waals surface area contributed by atoms with Gasteiger partial charge in [0.25, 0.3) is 0 Å². The van der Waals surface area contributed by atoms with Crippen LogP contribution in [-0.2, 0) is 0 Å². The Labute approximate surface area is 122 Å². The molecule has 2 aromatic carbocycles. The second-order valence-corrected chi connectivity index (χ2v) is 6.11. The molecule has 1 saturated carbocycles. The Hall–Kier alpha value is -1.76. The smallest absolute Gasteiger partial charge is 0.0542 e. The van der Waals surface area contributed by atoms with Gasteiger partial charge >= 0.3 is 0 Å². The number of hydrogen-bond donors (Lipinski definition) is 1. The van der Waals surface area contributed by atoms with Gasteiger partial charge in [0.05, 0.1) is 6.04 Å². The molecule has 1 fully saturated rings. The summed E-state index contributed by atoms with van der Waals surface area (Å²) in [4.78, 5) is 0. The lowest BCUT2D eigenvalue weighted by Crippen LogP contribution is -2.14. The SMILES string of the molecule is CC(C)c1ccccc1NC(c1ccccc1)C1CC1. The zero-order chi connectivity index (χ0) is 13.9. The Balaban J connectivity index is 1.88. The number of hydrogen-bond acceptors (Lipinski definition) is 1. The minimum Gasteiger partial charge on any atom is -0.378 e. The van der Waals surface area contributed by atoms with Crippen molar-refractivity contribution in [3.63, 3.8) is 0 Å². The van der Waals surface area contributed by atoms with Gasteiger partial charge in [-0.2, -0.15) is 0 Å². The normalized spacial score (nSPS) is 16.1. The monoisotopic (exact) mass is 265 g/mol. The maximum absolute atomic E-state index is 3.81. The summed E-state index contributed by atoms with van der Waals surface area (Å²) >= 11 is 0. The predicted octanol–water partition coefficient (Wildman–Crippen LogP) is 5.37. The molecule has 1 aliphatic carbocycles. The van der Waals surface area contributed by atoms with Crippen molar-refractivity contribution in [3.05, 3.63) is 65.7 Å². The molecule has 1 atom stereocenters. The van der Waals surface area contributed by atoms with Crippen molar-refractivity contribution in [2.45, 2.75) is 38.6 Å². The first-order valence-electron chi connectivity index (χ1n) is 7.66. The molecule has 0 aromatic heterocycles. The third-order valence-electron chi connectivity index (χ3n) is 4.15. The van der Waals surface area contributed by atoms with Gasteiger partial charge in [0.2, 0.25) is 0 Å². The van der Waals surface area contributed by atoms with Gasteiger partial charge in [0.15, 0.2) is 0 Å². The summed E-state index contributed by atoms with van der Waals surface area (Å²) in [6.45, 7) is 4.52. The fourth-order valence-corrected chi connectivity index (χ4v) is 2.86. The van der Waals surface area contributed by atoms with E-state index >= 15 is 0 Å². The van der Waals surface area contributed by atoms with Gasteiger partial charge < -0.3 is 5.32 Å². The molecule has 0 amide bonds. The van der Waals surface area contributed by atoms with E-state index in [1.807, 2.05) is 0 Å². The van der Waals surface area contributed by atoms with Gasteiger partial charge in [0, 0.05) is 5.69 Å². The summed E-state index contributed by atoms with van der Waals surface area (Å²) in [5, 5.41) is 3.81. The number of benzene rings is 2. The molecule has 0 bridgehead atoms. The average molecular weight is 265 g/mol. The van der Waals surface area contributed by atoms with Crippen molar-refractivity contribution in [1.29, 1.82) is 0 Å². The lowest BCUT2D eigenvalue weighted by Gasteiger charge is -2.23. The van der Waals surface area contributed by atoms with E-state index in [2.05, 4.69) is 73.8 Å². The van der Waals surface area contributed by atoms with Crippen molar-refractivity contribution in [3.8, 4) is 0 Å². The van der Waals surface area contributed by atoms with Crippen LogP contribution in [0.2, 0.25) is 0 Å². The number of anilines is 1. The predicted molar refractivity (Wildman–Crippen MR) is 86.1 cm³/mol. The molecule has 104 valence electrons. The second-order valence-electron chi connectivity index (χ2n) is 6.11. The largest absolute Gasteiger partial charge is 0.378 e. The number of nitrogens with one attached hydrogen (secondary N) is 1. The molecule has 1 aliphatic rings. The Kier molecular flexibility index (Phi) is 3.77. The molecule has 1 unspecified atom stereocenters. The van der Waals surface area contributed by atoms with E-state index in [-0.39, 0.29) is 0 Å². The van der Waals surface area contributed by atoms with Crippen LogP contribution in [0.3, 0.4) is 0 Å². The van der Waals surface area contributed by atoms with Crippen molar-refractivity contribution in [1.82, 2.24) is 0 Å². The average Bonchev–Trinajstić information content (AvgIpc) is 3.30. The third-order valence-corrected chi connectivity index (χ3v) is 4.15. The van der Waals surface area contributed by atoms with Gasteiger partial charge in [-0.25, -0.2) is 0 Å². The highest BCUT2D eigenvalue weighted by Crippen LogP contribution is 2.43. The summed E-state index contributed by atoms with van der Waals surface area (Å²) < 4.78 is 0. The van der Waals surface area contributed by atoms with Crippen molar-refractivity contribution in [2.75, 3.05) is 5.32 Å². The first kappa shape index (κ1) is 13.2. The highest BCUT2D eigenvalue weighted by Gasteiger charge is 2.32.